The number of rotatable bonds is 3. The number of sulfone groups is 1. The zero-order valence-electron chi connectivity index (χ0n) is 27.1. The summed E-state index contributed by atoms with van der Waals surface area (Å²) in [6.07, 6.45) is 1.94. The van der Waals surface area contributed by atoms with E-state index in [2.05, 4.69) is 16.0 Å². The van der Waals surface area contributed by atoms with E-state index in [0.29, 0.717) is 41.7 Å². The Hall–Kier alpha value is -3.61. The third kappa shape index (κ3) is 6.54. The van der Waals surface area contributed by atoms with Crippen LogP contribution in [0.15, 0.2) is 18.5 Å². The molecule has 0 N–H and O–H groups in total. The van der Waals surface area contributed by atoms with E-state index in [1.54, 1.807) is 4.90 Å². The van der Waals surface area contributed by atoms with E-state index in [1.807, 2.05) is 59.4 Å². The van der Waals surface area contributed by atoms with Gasteiger partial charge in [0.15, 0.2) is 15.7 Å². The monoisotopic (exact) mass is 641 g/mol. The first-order valence-electron chi connectivity index (χ1n) is 15.7. The van der Waals surface area contributed by atoms with Crippen molar-refractivity contribution < 1.29 is 32.2 Å². The molecule has 12 nitrogen and oxygen atoms in total. The van der Waals surface area contributed by atoms with E-state index in [0.717, 1.165) is 24.0 Å². The van der Waals surface area contributed by atoms with E-state index in [1.165, 1.54) is 11.2 Å². The van der Waals surface area contributed by atoms with Crippen molar-refractivity contribution in [3.05, 3.63) is 35.2 Å². The molecule has 3 fully saturated rings. The molecule has 4 aliphatic rings. The number of amides is 2. The van der Waals surface area contributed by atoms with Gasteiger partial charge in [0.2, 0.25) is 0 Å². The number of fused-ring (bicyclic) bond motifs is 2. The van der Waals surface area contributed by atoms with Crippen LogP contribution in [0.2, 0.25) is 0 Å². The Kier molecular flexibility index (Phi) is 7.69. The lowest BCUT2D eigenvalue weighted by Gasteiger charge is -2.40. The molecule has 2 amide bonds. The van der Waals surface area contributed by atoms with Gasteiger partial charge in [-0.1, -0.05) is 6.07 Å². The molecule has 3 aliphatic heterocycles. The molecule has 13 heteroatoms. The molecule has 1 saturated carbocycles. The molecule has 244 valence electrons. The van der Waals surface area contributed by atoms with Gasteiger partial charge in [0.1, 0.15) is 35.2 Å². The lowest BCUT2D eigenvalue weighted by Crippen LogP contribution is -2.50. The van der Waals surface area contributed by atoms with Crippen molar-refractivity contribution >= 4 is 39.3 Å². The Morgan fingerprint density at radius 1 is 0.889 bits per heavy atom. The first-order valence-corrected chi connectivity index (χ1v) is 17.5. The van der Waals surface area contributed by atoms with Gasteiger partial charge in [-0.2, -0.15) is 0 Å². The number of nitrogens with zero attached hydrogens (tertiary/aromatic N) is 5. The molecule has 1 aromatic carbocycles. The van der Waals surface area contributed by atoms with Crippen LogP contribution in [0.1, 0.15) is 95.9 Å². The van der Waals surface area contributed by atoms with Gasteiger partial charge in [-0.15, -0.1) is 0 Å². The second-order valence-electron chi connectivity index (χ2n) is 14.5. The van der Waals surface area contributed by atoms with Gasteiger partial charge >= 0.3 is 12.2 Å². The molecule has 4 heterocycles. The Morgan fingerprint density at radius 3 is 2.09 bits per heavy atom. The number of carbonyl (C=O) groups excluding carboxylic acids is 2. The minimum absolute atomic E-state index is 0.0217. The van der Waals surface area contributed by atoms with Crippen LogP contribution in [0.3, 0.4) is 0 Å². The maximum atomic E-state index is 14.1. The predicted molar refractivity (Wildman–Crippen MR) is 169 cm³/mol. The van der Waals surface area contributed by atoms with E-state index < -0.39 is 33.2 Å². The molecule has 1 aliphatic carbocycles. The summed E-state index contributed by atoms with van der Waals surface area (Å²) in [5, 5.41) is 0. The average molecular weight is 642 g/mol. The van der Waals surface area contributed by atoms with Crippen LogP contribution < -0.4 is 14.5 Å². The molecular weight excluding hydrogens is 598 g/mol. The van der Waals surface area contributed by atoms with Gasteiger partial charge in [0.05, 0.1) is 22.8 Å². The second kappa shape index (κ2) is 11.0. The number of carbonyl (C=O) groups is 2. The number of ether oxygens (including phenoxy) is 3. The minimum Gasteiger partial charge on any atom is -0.483 e. The topological polar surface area (TPSA) is 131 Å². The molecule has 6 rings (SSSR count). The third-order valence-corrected chi connectivity index (χ3v) is 9.97. The second-order valence-corrected chi connectivity index (χ2v) is 16.8. The van der Waals surface area contributed by atoms with Gasteiger partial charge < -0.3 is 24.0 Å². The summed E-state index contributed by atoms with van der Waals surface area (Å²) in [6, 6.07) is 4.12. The van der Waals surface area contributed by atoms with E-state index in [-0.39, 0.29) is 42.5 Å². The van der Waals surface area contributed by atoms with Crippen LogP contribution >= 0.6 is 0 Å². The van der Waals surface area contributed by atoms with E-state index >= 15 is 0 Å². The van der Waals surface area contributed by atoms with Crippen molar-refractivity contribution in [2.45, 2.75) is 90.4 Å². The summed E-state index contributed by atoms with van der Waals surface area (Å²) in [5.74, 6) is 1.88. The zero-order valence-corrected chi connectivity index (χ0v) is 27.9. The number of benzene rings is 1. The molecule has 0 radical (unpaired) electrons. The van der Waals surface area contributed by atoms with Crippen molar-refractivity contribution in [1.82, 2.24) is 14.9 Å². The van der Waals surface area contributed by atoms with Crippen molar-refractivity contribution in [3.8, 4) is 5.75 Å². The first kappa shape index (κ1) is 31.4. The summed E-state index contributed by atoms with van der Waals surface area (Å²) in [6.45, 7) is 14.5. The highest BCUT2D eigenvalue weighted by molar-refractivity contribution is 7.91. The summed E-state index contributed by atoms with van der Waals surface area (Å²) >= 11 is 0. The summed E-state index contributed by atoms with van der Waals surface area (Å²) in [7, 11) is -3.12. The van der Waals surface area contributed by atoms with Gasteiger partial charge in [0, 0.05) is 32.1 Å². The number of anilines is 3. The van der Waals surface area contributed by atoms with Crippen LogP contribution in [0.25, 0.3) is 0 Å². The maximum absolute atomic E-state index is 14.1. The van der Waals surface area contributed by atoms with Crippen molar-refractivity contribution in [2.75, 3.05) is 47.5 Å². The Bertz CT molecular complexity index is 1610. The smallest absolute Gasteiger partial charge is 0.420 e. The van der Waals surface area contributed by atoms with Crippen molar-refractivity contribution in [2.24, 2.45) is 0 Å². The van der Waals surface area contributed by atoms with Gasteiger partial charge in [-0.05, 0) is 84.4 Å². The maximum Gasteiger partial charge on any atom is 0.420 e. The molecule has 45 heavy (non-hydrogen) atoms. The highest BCUT2D eigenvalue weighted by Crippen LogP contribution is 2.54. The fraction of sp³-hybridized carbons (Fsp3) is 0.625. The Morgan fingerprint density at radius 2 is 1.49 bits per heavy atom. The van der Waals surface area contributed by atoms with Crippen LogP contribution in [-0.2, 0) is 19.3 Å². The van der Waals surface area contributed by atoms with Gasteiger partial charge in [0.25, 0.3) is 0 Å². The molecule has 0 bridgehead atoms. The first-order chi connectivity index (χ1) is 21.0. The SMILES string of the molecule is C[C@@H]1Oc2c(C3CC3)cc(C3CN(C(=O)OC(C)(C)C)C3)cc2N(C(=O)OC(C)(C)C)c2ncnc(N3CCS(=O)(=O)CC3)c21. The van der Waals surface area contributed by atoms with Crippen molar-refractivity contribution in [3.63, 3.8) is 0 Å². The predicted octanol–water partition coefficient (Wildman–Crippen LogP) is 5.45. The van der Waals surface area contributed by atoms with Gasteiger partial charge in [-0.25, -0.2) is 32.9 Å². The van der Waals surface area contributed by atoms with E-state index in [9.17, 15) is 18.0 Å². The standard InChI is InChI=1S/C32H43N5O7S/c1-19-25-27(35-10-12-45(40,41)13-11-35)33-18-34-28(25)37(30(39)44-32(5,6)7)24-15-21(14-23(20-8-9-20)26(24)42-19)22-16-36(17-22)29(38)43-31(2,3)4/h14-15,18-20,22H,8-13,16-17H2,1-7H3/t19-/m0/s1. The zero-order chi connectivity index (χ0) is 32.5. The summed E-state index contributed by atoms with van der Waals surface area (Å²) in [4.78, 5) is 41.2. The van der Waals surface area contributed by atoms with Crippen molar-refractivity contribution in [1.29, 1.82) is 0 Å². The molecule has 0 spiro atoms. The number of likely N-dealkylation sites (tertiary alicyclic amines) is 1. The van der Waals surface area contributed by atoms with Crippen LogP contribution in [-0.4, -0.2) is 84.4 Å². The van der Waals surface area contributed by atoms with Gasteiger partial charge in [-0.3, -0.25) is 0 Å². The summed E-state index contributed by atoms with van der Waals surface area (Å²) < 4.78 is 42.7. The highest BCUT2D eigenvalue weighted by Gasteiger charge is 2.42. The normalized spacial score (nSPS) is 21.6. The quantitative estimate of drug-likeness (QED) is 0.426. The fourth-order valence-corrected chi connectivity index (χ4v) is 7.19. The molecule has 0 unspecified atom stereocenters. The Balaban J connectivity index is 1.44. The van der Waals surface area contributed by atoms with Crippen LogP contribution in [0.4, 0.5) is 26.9 Å². The molecule has 2 aromatic rings. The molecule has 2 saturated heterocycles. The third-order valence-electron chi connectivity index (χ3n) is 8.36. The van der Waals surface area contributed by atoms with E-state index in [4.69, 9.17) is 14.2 Å². The fourth-order valence-electron chi connectivity index (χ4n) is 5.99. The summed E-state index contributed by atoms with van der Waals surface area (Å²) in [5.41, 5.74) is 1.79. The van der Waals surface area contributed by atoms with Crippen LogP contribution in [0, 0.1) is 0 Å². The average Bonchev–Trinajstić information content (AvgIpc) is 3.73. The number of hydrogen-bond donors (Lipinski definition) is 0. The lowest BCUT2D eigenvalue weighted by atomic mass is 9.89. The van der Waals surface area contributed by atoms with Crippen LogP contribution in [0.5, 0.6) is 5.75 Å². The molecule has 1 aromatic heterocycles. The molecule has 1 atom stereocenters. The molecular formula is C32H43N5O7S. The lowest BCUT2D eigenvalue weighted by molar-refractivity contribution is 0.00817. The highest BCUT2D eigenvalue weighted by atomic mass is 32.2. The Labute approximate surface area is 265 Å². The number of hydrogen-bond acceptors (Lipinski definition) is 10. The number of aromatic nitrogens is 2. The minimum atomic E-state index is -3.12. The largest absolute Gasteiger partial charge is 0.483 e.